The number of ether oxygens (including phenoxy) is 1. The third kappa shape index (κ3) is 3.85. The van der Waals surface area contributed by atoms with Gasteiger partial charge in [-0.25, -0.2) is 0 Å². The molecule has 1 unspecified atom stereocenters. The summed E-state index contributed by atoms with van der Waals surface area (Å²) in [5, 5.41) is 3.52. The molecular formula is C19H25NO. The molecule has 0 spiro atoms. The van der Waals surface area contributed by atoms with E-state index in [0.717, 1.165) is 30.0 Å². The average Bonchev–Trinajstić information content (AvgIpc) is 2.49. The molecule has 0 aliphatic heterocycles. The Morgan fingerprint density at radius 3 is 2.48 bits per heavy atom. The maximum atomic E-state index is 6.21. The van der Waals surface area contributed by atoms with Gasteiger partial charge in [0.1, 0.15) is 11.5 Å². The van der Waals surface area contributed by atoms with E-state index in [1.165, 1.54) is 11.1 Å². The van der Waals surface area contributed by atoms with Gasteiger partial charge < -0.3 is 10.1 Å². The van der Waals surface area contributed by atoms with Crippen molar-refractivity contribution in [1.82, 2.24) is 5.32 Å². The van der Waals surface area contributed by atoms with Gasteiger partial charge in [-0.3, -0.25) is 0 Å². The van der Waals surface area contributed by atoms with Crippen LogP contribution in [0.1, 0.15) is 43.0 Å². The molecule has 0 radical (unpaired) electrons. The van der Waals surface area contributed by atoms with Gasteiger partial charge >= 0.3 is 0 Å². The number of rotatable bonds is 6. The fraction of sp³-hybridized carbons (Fsp3) is 0.368. The van der Waals surface area contributed by atoms with E-state index in [4.69, 9.17) is 4.74 Å². The van der Waals surface area contributed by atoms with Crippen molar-refractivity contribution in [2.24, 2.45) is 0 Å². The second-order valence-electron chi connectivity index (χ2n) is 5.43. The Morgan fingerprint density at radius 1 is 1.00 bits per heavy atom. The van der Waals surface area contributed by atoms with Crippen molar-refractivity contribution >= 4 is 0 Å². The van der Waals surface area contributed by atoms with Crippen LogP contribution in [-0.4, -0.2) is 6.54 Å². The third-order valence-corrected chi connectivity index (χ3v) is 3.72. The lowest BCUT2D eigenvalue weighted by molar-refractivity contribution is 0.450. The van der Waals surface area contributed by atoms with E-state index >= 15 is 0 Å². The molecule has 112 valence electrons. The van der Waals surface area contributed by atoms with Crippen LogP contribution in [-0.2, 0) is 0 Å². The molecule has 1 N–H and O–H groups in total. The number of hydrogen-bond donors (Lipinski definition) is 1. The molecule has 0 fully saturated rings. The van der Waals surface area contributed by atoms with Gasteiger partial charge in [0.25, 0.3) is 0 Å². The Hall–Kier alpha value is -1.80. The third-order valence-electron chi connectivity index (χ3n) is 3.72. The minimum atomic E-state index is 0.330. The highest BCUT2D eigenvalue weighted by Gasteiger charge is 2.14. The molecule has 21 heavy (non-hydrogen) atoms. The van der Waals surface area contributed by atoms with Gasteiger partial charge in [0, 0.05) is 11.6 Å². The summed E-state index contributed by atoms with van der Waals surface area (Å²) in [6.45, 7) is 9.46. The number of hydrogen-bond acceptors (Lipinski definition) is 2. The molecule has 2 heteroatoms. The van der Waals surface area contributed by atoms with Gasteiger partial charge in [-0.2, -0.15) is 0 Å². The quantitative estimate of drug-likeness (QED) is 0.791. The molecular weight excluding hydrogens is 258 g/mol. The normalized spacial score (nSPS) is 12.2. The summed E-state index contributed by atoms with van der Waals surface area (Å²) in [6.07, 6.45) is 1.04. The first kappa shape index (κ1) is 15.6. The lowest BCUT2D eigenvalue weighted by atomic mass is 10.0. The molecule has 2 nitrogen and oxygen atoms in total. The molecule has 2 aromatic carbocycles. The predicted octanol–water partition coefficient (Wildman–Crippen LogP) is 5.16. The number of benzene rings is 2. The molecule has 0 saturated carbocycles. The first-order chi connectivity index (χ1) is 10.2. The van der Waals surface area contributed by atoms with E-state index in [1.54, 1.807) is 0 Å². The van der Waals surface area contributed by atoms with Crippen LogP contribution in [0.4, 0.5) is 0 Å². The minimum absolute atomic E-state index is 0.330. The van der Waals surface area contributed by atoms with Crippen molar-refractivity contribution < 1.29 is 4.74 Å². The zero-order valence-electron chi connectivity index (χ0n) is 13.4. The van der Waals surface area contributed by atoms with E-state index in [-0.39, 0.29) is 0 Å². The van der Waals surface area contributed by atoms with Crippen LogP contribution in [0.5, 0.6) is 11.5 Å². The van der Waals surface area contributed by atoms with Crippen molar-refractivity contribution in [3.63, 3.8) is 0 Å². The molecule has 0 aliphatic carbocycles. The van der Waals surface area contributed by atoms with Crippen LogP contribution in [0.25, 0.3) is 0 Å². The lowest BCUT2D eigenvalue weighted by Gasteiger charge is -2.20. The second-order valence-corrected chi connectivity index (χ2v) is 5.43. The monoisotopic (exact) mass is 283 g/mol. The molecule has 0 heterocycles. The summed E-state index contributed by atoms with van der Waals surface area (Å²) in [4.78, 5) is 0. The van der Waals surface area contributed by atoms with Crippen LogP contribution in [0, 0.1) is 13.8 Å². The second kappa shape index (κ2) is 7.28. The molecule has 0 aromatic heterocycles. The Balaban J connectivity index is 2.33. The van der Waals surface area contributed by atoms with Crippen molar-refractivity contribution in [3.8, 4) is 11.5 Å². The van der Waals surface area contributed by atoms with Crippen molar-refractivity contribution in [3.05, 3.63) is 59.2 Å². The van der Waals surface area contributed by atoms with Gasteiger partial charge in [-0.15, -0.1) is 0 Å². The Labute approximate surface area is 128 Å². The molecule has 2 aromatic rings. The number of para-hydroxylation sites is 1. The summed E-state index contributed by atoms with van der Waals surface area (Å²) in [5.74, 6) is 1.88. The largest absolute Gasteiger partial charge is 0.457 e. The molecule has 0 amide bonds. The molecule has 0 saturated heterocycles. The van der Waals surface area contributed by atoms with E-state index in [0.29, 0.717) is 6.04 Å². The summed E-state index contributed by atoms with van der Waals surface area (Å²) in [6, 6.07) is 15.0. The highest BCUT2D eigenvalue weighted by Crippen LogP contribution is 2.32. The van der Waals surface area contributed by atoms with Gasteiger partial charge in [0.05, 0.1) is 0 Å². The Morgan fingerprint density at radius 2 is 1.76 bits per heavy atom. The summed E-state index contributed by atoms with van der Waals surface area (Å²) in [7, 11) is 0. The van der Waals surface area contributed by atoms with Gasteiger partial charge in [-0.1, -0.05) is 44.2 Å². The van der Waals surface area contributed by atoms with Gasteiger partial charge in [-0.05, 0) is 50.1 Å². The fourth-order valence-corrected chi connectivity index (χ4v) is 2.52. The van der Waals surface area contributed by atoms with E-state index in [1.807, 2.05) is 6.07 Å². The Kier molecular flexibility index (Phi) is 5.40. The number of nitrogens with one attached hydrogen (secondary N) is 1. The van der Waals surface area contributed by atoms with Crippen LogP contribution in [0.15, 0.2) is 42.5 Å². The first-order valence-corrected chi connectivity index (χ1v) is 7.73. The highest BCUT2D eigenvalue weighted by atomic mass is 16.5. The maximum absolute atomic E-state index is 6.21. The lowest BCUT2D eigenvalue weighted by Crippen LogP contribution is -2.20. The topological polar surface area (TPSA) is 21.3 Å². The van der Waals surface area contributed by atoms with Gasteiger partial charge in [0.2, 0.25) is 0 Å². The van der Waals surface area contributed by atoms with E-state index < -0.39 is 0 Å². The van der Waals surface area contributed by atoms with E-state index in [9.17, 15) is 0 Å². The number of aryl methyl sites for hydroxylation is 2. The summed E-state index contributed by atoms with van der Waals surface area (Å²) < 4.78 is 6.21. The first-order valence-electron chi connectivity index (χ1n) is 7.73. The van der Waals surface area contributed by atoms with Crippen molar-refractivity contribution in [1.29, 1.82) is 0 Å². The predicted molar refractivity (Wildman–Crippen MR) is 89.1 cm³/mol. The maximum Gasteiger partial charge on any atom is 0.132 e. The average molecular weight is 283 g/mol. The van der Waals surface area contributed by atoms with Crippen LogP contribution < -0.4 is 10.1 Å². The van der Waals surface area contributed by atoms with Crippen LogP contribution in [0.3, 0.4) is 0 Å². The van der Waals surface area contributed by atoms with Crippen LogP contribution >= 0.6 is 0 Å². The Bertz CT molecular complexity index is 592. The van der Waals surface area contributed by atoms with Crippen molar-refractivity contribution in [2.75, 3.05) is 6.54 Å². The zero-order chi connectivity index (χ0) is 15.2. The zero-order valence-corrected chi connectivity index (χ0v) is 13.4. The minimum Gasteiger partial charge on any atom is -0.457 e. The van der Waals surface area contributed by atoms with Crippen LogP contribution in [0.2, 0.25) is 0 Å². The molecule has 1 atom stereocenters. The van der Waals surface area contributed by atoms with Gasteiger partial charge in [0.15, 0.2) is 0 Å². The standard InChI is InChI=1S/C19H25NO/c1-5-17(20-6-2)16-9-7-8-10-18(16)21-19-13-14(3)11-12-15(19)4/h7-13,17,20H,5-6H2,1-4H3. The molecule has 0 aliphatic rings. The molecule has 0 bridgehead atoms. The van der Waals surface area contributed by atoms with Crippen molar-refractivity contribution in [2.45, 2.75) is 40.2 Å². The molecule has 2 rings (SSSR count). The fourth-order valence-electron chi connectivity index (χ4n) is 2.52. The summed E-state index contributed by atoms with van der Waals surface area (Å²) in [5.41, 5.74) is 3.60. The summed E-state index contributed by atoms with van der Waals surface area (Å²) >= 11 is 0. The SMILES string of the molecule is CCNC(CC)c1ccccc1Oc1cc(C)ccc1C. The highest BCUT2D eigenvalue weighted by molar-refractivity contribution is 5.43. The van der Waals surface area contributed by atoms with E-state index in [2.05, 4.69) is 69.4 Å². The smallest absolute Gasteiger partial charge is 0.132 e.